The van der Waals surface area contributed by atoms with E-state index in [0.29, 0.717) is 18.5 Å². The van der Waals surface area contributed by atoms with Gasteiger partial charge in [-0.05, 0) is 30.0 Å². The first-order chi connectivity index (χ1) is 14.6. The van der Waals surface area contributed by atoms with E-state index in [0.717, 1.165) is 6.42 Å². The van der Waals surface area contributed by atoms with Crippen LogP contribution in [0.4, 0.5) is 20.3 Å². The van der Waals surface area contributed by atoms with Crippen molar-refractivity contribution in [3.8, 4) is 5.75 Å². The first kappa shape index (κ1) is 24.1. The molecular weight excluding hydrogens is 410 g/mol. The molecule has 2 aromatic rings. The number of nitrogens with two attached hydrogens (primary N) is 1. The Labute approximate surface area is 178 Å². The monoisotopic (exact) mass is 438 g/mol. The summed E-state index contributed by atoms with van der Waals surface area (Å²) in [6, 6.07) is 5.68. The Morgan fingerprint density at radius 1 is 1.23 bits per heavy atom. The van der Waals surface area contributed by atoms with E-state index >= 15 is 0 Å². The zero-order valence-electron chi connectivity index (χ0n) is 17.9. The van der Waals surface area contributed by atoms with Crippen LogP contribution < -0.4 is 26.6 Å². The van der Waals surface area contributed by atoms with Gasteiger partial charge in [0.25, 0.3) is 5.56 Å². The molecule has 0 saturated carbocycles. The molecule has 0 saturated heterocycles. The minimum absolute atomic E-state index is 0.0144. The molecule has 2 rings (SSSR count). The van der Waals surface area contributed by atoms with Gasteiger partial charge in [0.05, 0.1) is 6.42 Å². The molecule has 0 aliphatic carbocycles. The summed E-state index contributed by atoms with van der Waals surface area (Å²) in [7, 11) is 0. The van der Waals surface area contributed by atoms with Crippen molar-refractivity contribution in [2.45, 2.75) is 53.2 Å². The number of nitrogens with one attached hydrogen (secondary N) is 1. The number of nitrogen functional groups attached to an aromatic ring is 1. The second-order valence-corrected chi connectivity index (χ2v) is 7.60. The fourth-order valence-electron chi connectivity index (χ4n) is 3.12. The van der Waals surface area contributed by atoms with E-state index in [2.05, 4.69) is 9.72 Å². The summed E-state index contributed by atoms with van der Waals surface area (Å²) in [6.07, 6.45) is 1.41. The Hall–Kier alpha value is -3.17. The summed E-state index contributed by atoms with van der Waals surface area (Å²) in [4.78, 5) is 41.4. The van der Waals surface area contributed by atoms with Crippen LogP contribution in [0.15, 0.2) is 33.9 Å². The number of halogens is 2. The number of anilines is 2. The van der Waals surface area contributed by atoms with Crippen LogP contribution in [0, 0.1) is 5.92 Å². The minimum Gasteiger partial charge on any atom is -0.435 e. The third kappa shape index (κ3) is 6.40. The average Bonchev–Trinajstić information content (AvgIpc) is 2.67. The lowest BCUT2D eigenvalue weighted by Crippen LogP contribution is -2.43. The molecule has 1 aromatic heterocycles. The molecule has 0 aliphatic heterocycles. The maximum absolute atomic E-state index is 13.1. The Balaban J connectivity index is 2.38. The van der Waals surface area contributed by atoms with E-state index in [1.165, 1.54) is 33.7 Å². The number of benzene rings is 1. The first-order valence-corrected chi connectivity index (χ1v) is 10.1. The first-order valence-electron chi connectivity index (χ1n) is 10.1. The normalized spacial score (nSPS) is 11.2. The molecule has 3 N–H and O–H groups in total. The van der Waals surface area contributed by atoms with Crippen LogP contribution in [0.1, 0.15) is 39.2 Å². The molecule has 0 fully saturated rings. The lowest BCUT2D eigenvalue weighted by molar-refractivity contribution is -0.118. The summed E-state index contributed by atoms with van der Waals surface area (Å²) < 4.78 is 30.2. The highest BCUT2D eigenvalue weighted by Crippen LogP contribution is 2.21. The molecule has 0 radical (unpaired) electrons. The molecule has 31 heavy (non-hydrogen) atoms. The molecule has 0 unspecified atom stereocenters. The molecule has 0 bridgehead atoms. The zero-order valence-corrected chi connectivity index (χ0v) is 17.9. The SMILES string of the molecule is CCCCn1c(N)c(N(CC(C)C)C(=O)Cc2ccc(OC(F)F)cc2)c(=O)[nH]c1=O. The standard InChI is InChI=1S/C21H28F2N4O4/c1-4-5-10-26-18(24)17(19(29)25-21(26)30)27(12-13(2)3)16(28)11-14-6-8-15(9-7-14)31-20(22)23/h6-9,13,20H,4-5,10-12,24H2,1-3H3,(H,25,29,30). The Kier molecular flexibility index (Phi) is 8.35. The number of ether oxygens (including phenoxy) is 1. The lowest BCUT2D eigenvalue weighted by Gasteiger charge is -2.26. The van der Waals surface area contributed by atoms with E-state index in [-0.39, 0.29) is 36.1 Å². The van der Waals surface area contributed by atoms with Gasteiger partial charge in [-0.1, -0.05) is 39.3 Å². The summed E-state index contributed by atoms with van der Waals surface area (Å²) >= 11 is 0. The Bertz CT molecular complexity index is 1000. The molecular formula is C21H28F2N4O4. The van der Waals surface area contributed by atoms with Crippen molar-refractivity contribution >= 4 is 17.4 Å². The molecule has 1 heterocycles. The van der Waals surface area contributed by atoms with Crippen molar-refractivity contribution in [2.75, 3.05) is 17.2 Å². The van der Waals surface area contributed by atoms with Crippen LogP contribution in [-0.4, -0.2) is 28.6 Å². The minimum atomic E-state index is -2.94. The molecule has 0 atom stereocenters. The van der Waals surface area contributed by atoms with Crippen LogP contribution in [0.2, 0.25) is 0 Å². The van der Waals surface area contributed by atoms with E-state index in [1.807, 2.05) is 20.8 Å². The van der Waals surface area contributed by atoms with Crippen LogP contribution >= 0.6 is 0 Å². The van der Waals surface area contributed by atoms with E-state index in [1.54, 1.807) is 0 Å². The number of aromatic amines is 1. The summed E-state index contributed by atoms with van der Waals surface area (Å²) in [6.45, 7) is 3.32. The van der Waals surface area contributed by atoms with Crippen molar-refractivity contribution in [1.29, 1.82) is 0 Å². The zero-order chi connectivity index (χ0) is 23.1. The Morgan fingerprint density at radius 2 is 1.87 bits per heavy atom. The summed E-state index contributed by atoms with van der Waals surface area (Å²) in [5, 5.41) is 0. The maximum atomic E-state index is 13.1. The van der Waals surface area contributed by atoms with Gasteiger partial charge in [-0.3, -0.25) is 19.1 Å². The van der Waals surface area contributed by atoms with Gasteiger partial charge in [0.1, 0.15) is 11.6 Å². The quantitative estimate of drug-likeness (QED) is 0.593. The number of amides is 1. The number of nitrogens with zero attached hydrogens (tertiary/aromatic N) is 2. The van der Waals surface area contributed by atoms with Crippen molar-refractivity contribution in [3.63, 3.8) is 0 Å². The highest BCUT2D eigenvalue weighted by atomic mass is 19.3. The van der Waals surface area contributed by atoms with Gasteiger partial charge < -0.3 is 15.4 Å². The molecule has 170 valence electrons. The number of alkyl halides is 2. The predicted molar refractivity (Wildman–Crippen MR) is 115 cm³/mol. The molecule has 1 aromatic carbocycles. The number of hydrogen-bond acceptors (Lipinski definition) is 5. The molecule has 10 heteroatoms. The van der Waals surface area contributed by atoms with Crippen LogP contribution in [0.5, 0.6) is 5.75 Å². The van der Waals surface area contributed by atoms with Crippen LogP contribution in [0.3, 0.4) is 0 Å². The molecule has 1 amide bonds. The number of aromatic nitrogens is 2. The van der Waals surface area contributed by atoms with Gasteiger partial charge in [-0.15, -0.1) is 0 Å². The van der Waals surface area contributed by atoms with Gasteiger partial charge in [0.2, 0.25) is 5.91 Å². The summed E-state index contributed by atoms with van der Waals surface area (Å²) in [5.41, 5.74) is 5.30. The number of rotatable bonds is 10. The number of unbranched alkanes of at least 4 members (excludes halogenated alkanes) is 1. The van der Waals surface area contributed by atoms with Gasteiger partial charge >= 0.3 is 12.3 Å². The second-order valence-electron chi connectivity index (χ2n) is 7.60. The van der Waals surface area contributed by atoms with Crippen molar-refractivity contribution in [2.24, 2.45) is 5.92 Å². The topological polar surface area (TPSA) is 110 Å². The Morgan fingerprint density at radius 3 is 2.42 bits per heavy atom. The predicted octanol–water partition coefficient (Wildman–Crippen LogP) is 2.75. The van der Waals surface area contributed by atoms with E-state index < -0.39 is 23.8 Å². The van der Waals surface area contributed by atoms with Crippen molar-refractivity contribution in [1.82, 2.24) is 9.55 Å². The highest BCUT2D eigenvalue weighted by molar-refractivity contribution is 5.96. The van der Waals surface area contributed by atoms with Crippen LogP contribution in [0.25, 0.3) is 0 Å². The van der Waals surface area contributed by atoms with Gasteiger partial charge in [-0.2, -0.15) is 8.78 Å². The van der Waals surface area contributed by atoms with Crippen LogP contribution in [-0.2, 0) is 17.8 Å². The number of carbonyl (C=O) groups excluding carboxylic acids is 1. The van der Waals surface area contributed by atoms with Crippen molar-refractivity contribution < 1.29 is 18.3 Å². The number of H-pyrrole nitrogens is 1. The molecule has 0 spiro atoms. The average molecular weight is 438 g/mol. The maximum Gasteiger partial charge on any atom is 0.387 e. The fourth-order valence-corrected chi connectivity index (χ4v) is 3.12. The van der Waals surface area contributed by atoms with E-state index in [4.69, 9.17) is 5.73 Å². The van der Waals surface area contributed by atoms with Gasteiger partial charge in [0.15, 0.2) is 5.69 Å². The lowest BCUT2D eigenvalue weighted by atomic mass is 10.1. The number of hydrogen-bond donors (Lipinski definition) is 2. The third-order valence-electron chi connectivity index (χ3n) is 4.57. The molecule has 8 nitrogen and oxygen atoms in total. The van der Waals surface area contributed by atoms with Crippen molar-refractivity contribution in [3.05, 3.63) is 50.7 Å². The van der Waals surface area contributed by atoms with Gasteiger partial charge in [-0.25, -0.2) is 4.79 Å². The number of carbonyl (C=O) groups is 1. The summed E-state index contributed by atoms with van der Waals surface area (Å²) in [5.74, 6) is -0.472. The molecule has 0 aliphatic rings. The largest absolute Gasteiger partial charge is 0.435 e. The third-order valence-corrected chi connectivity index (χ3v) is 4.57. The smallest absolute Gasteiger partial charge is 0.387 e. The van der Waals surface area contributed by atoms with E-state index in [9.17, 15) is 23.2 Å². The highest BCUT2D eigenvalue weighted by Gasteiger charge is 2.25. The fraction of sp³-hybridized carbons (Fsp3) is 0.476. The van der Waals surface area contributed by atoms with Gasteiger partial charge in [0, 0.05) is 13.1 Å². The second kappa shape index (κ2) is 10.7.